The summed E-state index contributed by atoms with van der Waals surface area (Å²) in [6.07, 6.45) is 2.35. The van der Waals surface area contributed by atoms with Crippen molar-refractivity contribution in [3.05, 3.63) is 0 Å². The molecule has 1 aliphatic rings. The fourth-order valence-electron chi connectivity index (χ4n) is 1.56. The van der Waals surface area contributed by atoms with Crippen LogP contribution in [0.25, 0.3) is 0 Å². The summed E-state index contributed by atoms with van der Waals surface area (Å²) >= 11 is 0. The maximum atomic E-state index is 11.5. The molecular weight excluding hydrogens is 206 g/mol. The molecule has 1 heterocycles. The van der Waals surface area contributed by atoms with Crippen LogP contribution in [-0.4, -0.2) is 29.9 Å². The molecule has 4 nitrogen and oxygen atoms in total. The molecule has 0 spiro atoms. The number of Topliss-reactive ketones (excluding diaryl/α,β-unsaturated/α-hetero) is 1. The zero-order valence-corrected chi connectivity index (χ0v) is 10.3. The molecular formula is C12H21NO3. The van der Waals surface area contributed by atoms with E-state index in [-0.39, 0.29) is 12.2 Å². The van der Waals surface area contributed by atoms with E-state index in [1.54, 1.807) is 20.8 Å². The Kier molecular flexibility index (Phi) is 4.47. The van der Waals surface area contributed by atoms with Crippen LogP contribution in [0.1, 0.15) is 46.5 Å². The van der Waals surface area contributed by atoms with Gasteiger partial charge in [-0.2, -0.15) is 0 Å². The predicted molar refractivity (Wildman–Crippen MR) is 61.1 cm³/mol. The van der Waals surface area contributed by atoms with Gasteiger partial charge in [0.1, 0.15) is 17.8 Å². The van der Waals surface area contributed by atoms with Gasteiger partial charge < -0.3 is 10.1 Å². The topological polar surface area (TPSA) is 55.4 Å². The highest BCUT2D eigenvalue weighted by Crippen LogP contribution is 2.12. The Bertz CT molecular complexity index is 264. The van der Waals surface area contributed by atoms with E-state index < -0.39 is 11.6 Å². The third kappa shape index (κ3) is 5.26. The van der Waals surface area contributed by atoms with Gasteiger partial charge in [-0.3, -0.25) is 9.59 Å². The number of rotatable bonds is 5. The van der Waals surface area contributed by atoms with Crippen LogP contribution in [0.15, 0.2) is 0 Å². The van der Waals surface area contributed by atoms with E-state index in [2.05, 4.69) is 5.32 Å². The monoisotopic (exact) mass is 227 g/mol. The first-order valence-corrected chi connectivity index (χ1v) is 5.84. The van der Waals surface area contributed by atoms with Gasteiger partial charge in [0.25, 0.3) is 0 Å². The number of nitrogens with one attached hydrogen (secondary N) is 1. The molecule has 92 valence electrons. The molecule has 0 amide bonds. The van der Waals surface area contributed by atoms with Crippen LogP contribution in [0.3, 0.4) is 0 Å². The van der Waals surface area contributed by atoms with Crippen molar-refractivity contribution < 1.29 is 14.3 Å². The summed E-state index contributed by atoms with van der Waals surface area (Å²) in [6, 6.07) is 0.475. The summed E-state index contributed by atoms with van der Waals surface area (Å²) < 4.78 is 5.08. The molecule has 0 aromatic rings. The van der Waals surface area contributed by atoms with Gasteiger partial charge in [-0.05, 0) is 40.2 Å². The zero-order valence-electron chi connectivity index (χ0n) is 10.3. The molecule has 1 saturated heterocycles. The molecule has 0 aromatic heterocycles. The van der Waals surface area contributed by atoms with Gasteiger partial charge in [0.2, 0.25) is 0 Å². The van der Waals surface area contributed by atoms with Gasteiger partial charge >= 0.3 is 5.97 Å². The minimum absolute atomic E-state index is 0.0250. The van der Waals surface area contributed by atoms with E-state index in [0.29, 0.717) is 12.5 Å². The van der Waals surface area contributed by atoms with Crippen LogP contribution in [0.4, 0.5) is 0 Å². The molecule has 4 heteroatoms. The van der Waals surface area contributed by atoms with Gasteiger partial charge in [0.05, 0.1) is 0 Å². The fourth-order valence-corrected chi connectivity index (χ4v) is 1.56. The van der Waals surface area contributed by atoms with Crippen molar-refractivity contribution in [2.45, 2.75) is 58.1 Å². The molecule has 0 saturated carbocycles. The Morgan fingerprint density at radius 3 is 2.44 bits per heavy atom. The highest BCUT2D eigenvalue weighted by atomic mass is 16.6. The number of carbonyl (C=O) groups excluding carboxylic acids is 2. The Labute approximate surface area is 96.7 Å². The number of ketones is 1. The maximum Gasteiger partial charge on any atom is 0.313 e. The second kappa shape index (κ2) is 5.43. The lowest BCUT2D eigenvalue weighted by atomic mass is 9.99. The van der Waals surface area contributed by atoms with Crippen molar-refractivity contribution in [1.29, 1.82) is 0 Å². The summed E-state index contributed by atoms with van der Waals surface area (Å²) in [5, 5.41) is 3.22. The second-order valence-corrected chi connectivity index (χ2v) is 5.28. The molecule has 16 heavy (non-hydrogen) atoms. The summed E-state index contributed by atoms with van der Waals surface area (Å²) in [5.41, 5.74) is -0.507. The van der Waals surface area contributed by atoms with Crippen LogP contribution in [0.2, 0.25) is 0 Å². The minimum Gasteiger partial charge on any atom is -0.460 e. The first kappa shape index (κ1) is 13.2. The average molecular weight is 227 g/mol. The van der Waals surface area contributed by atoms with E-state index in [0.717, 1.165) is 19.4 Å². The lowest BCUT2D eigenvalue weighted by Crippen LogP contribution is -2.42. The molecule has 0 aromatic carbocycles. The van der Waals surface area contributed by atoms with Crippen LogP contribution in [0.5, 0.6) is 0 Å². The number of ether oxygens (including phenoxy) is 1. The van der Waals surface area contributed by atoms with Crippen molar-refractivity contribution in [2.24, 2.45) is 0 Å². The van der Waals surface area contributed by atoms with Crippen molar-refractivity contribution in [3.63, 3.8) is 0 Å². The summed E-state index contributed by atoms with van der Waals surface area (Å²) in [6.45, 7) is 6.44. The Morgan fingerprint density at radius 1 is 1.38 bits per heavy atom. The maximum absolute atomic E-state index is 11.5. The number of carbonyl (C=O) groups is 2. The lowest BCUT2D eigenvalue weighted by molar-refractivity contribution is -0.156. The van der Waals surface area contributed by atoms with Crippen LogP contribution >= 0.6 is 0 Å². The third-order valence-corrected chi connectivity index (χ3v) is 2.46. The fraction of sp³-hybridized carbons (Fsp3) is 0.833. The highest BCUT2D eigenvalue weighted by molar-refractivity contribution is 5.95. The van der Waals surface area contributed by atoms with Crippen LogP contribution < -0.4 is 5.32 Å². The highest BCUT2D eigenvalue weighted by Gasteiger charge is 2.21. The minimum atomic E-state index is -0.507. The average Bonchev–Trinajstić information content (AvgIpc) is 1.96. The number of esters is 1. The third-order valence-electron chi connectivity index (χ3n) is 2.46. The smallest absolute Gasteiger partial charge is 0.313 e. The largest absolute Gasteiger partial charge is 0.460 e. The summed E-state index contributed by atoms with van der Waals surface area (Å²) in [4.78, 5) is 22.8. The normalized spacial score (nSPS) is 20.1. The molecule has 1 aliphatic heterocycles. The van der Waals surface area contributed by atoms with Crippen molar-refractivity contribution in [1.82, 2.24) is 5.32 Å². The van der Waals surface area contributed by atoms with E-state index in [1.165, 1.54) is 0 Å². The summed E-state index contributed by atoms with van der Waals surface area (Å²) in [7, 11) is 0. The van der Waals surface area contributed by atoms with Crippen molar-refractivity contribution in [3.8, 4) is 0 Å². The molecule has 0 radical (unpaired) electrons. The molecule has 0 aliphatic carbocycles. The molecule has 0 bridgehead atoms. The zero-order chi connectivity index (χ0) is 12.2. The molecule has 1 atom stereocenters. The van der Waals surface area contributed by atoms with Gasteiger partial charge in [0.15, 0.2) is 0 Å². The van der Waals surface area contributed by atoms with Crippen LogP contribution in [0, 0.1) is 0 Å². The van der Waals surface area contributed by atoms with Gasteiger partial charge in [-0.1, -0.05) is 0 Å². The second-order valence-electron chi connectivity index (χ2n) is 5.28. The SMILES string of the molecule is CC(C)(C)OC(=O)CC(=O)CC[C@@H]1CCN1. The van der Waals surface area contributed by atoms with E-state index >= 15 is 0 Å². The van der Waals surface area contributed by atoms with E-state index in [1.807, 2.05) is 0 Å². The first-order chi connectivity index (χ1) is 7.37. The molecule has 0 unspecified atom stereocenters. The Hall–Kier alpha value is -0.900. The molecule has 1 N–H and O–H groups in total. The predicted octanol–water partition coefficient (Wildman–Crippen LogP) is 1.43. The Morgan fingerprint density at radius 2 is 2.00 bits per heavy atom. The van der Waals surface area contributed by atoms with Gasteiger partial charge in [-0.25, -0.2) is 0 Å². The summed E-state index contributed by atoms with van der Waals surface area (Å²) in [5.74, 6) is -0.443. The van der Waals surface area contributed by atoms with Gasteiger partial charge in [0, 0.05) is 12.5 Å². The Balaban J connectivity index is 2.15. The van der Waals surface area contributed by atoms with Crippen molar-refractivity contribution in [2.75, 3.05) is 6.54 Å². The lowest BCUT2D eigenvalue weighted by Gasteiger charge is -2.27. The van der Waals surface area contributed by atoms with E-state index in [4.69, 9.17) is 4.74 Å². The molecule has 1 fully saturated rings. The van der Waals surface area contributed by atoms with Gasteiger partial charge in [-0.15, -0.1) is 0 Å². The quantitative estimate of drug-likeness (QED) is 0.570. The van der Waals surface area contributed by atoms with Crippen molar-refractivity contribution >= 4 is 11.8 Å². The standard InChI is InChI=1S/C12H21NO3/c1-12(2,3)16-11(15)8-10(14)5-4-9-6-7-13-9/h9,13H,4-8H2,1-3H3/t9-/m1/s1. The number of hydrogen-bond acceptors (Lipinski definition) is 4. The van der Waals surface area contributed by atoms with Crippen LogP contribution in [-0.2, 0) is 14.3 Å². The molecule has 1 rings (SSSR count). The number of hydrogen-bond donors (Lipinski definition) is 1. The first-order valence-electron chi connectivity index (χ1n) is 5.84. The van der Waals surface area contributed by atoms with E-state index in [9.17, 15) is 9.59 Å².